The summed E-state index contributed by atoms with van der Waals surface area (Å²) < 4.78 is 0. The lowest BCUT2D eigenvalue weighted by atomic mass is 9.95. The van der Waals surface area contributed by atoms with Gasteiger partial charge >= 0.3 is 0 Å². The maximum absolute atomic E-state index is 13.4. The van der Waals surface area contributed by atoms with Crippen LogP contribution >= 0.6 is 0 Å². The van der Waals surface area contributed by atoms with E-state index in [0.29, 0.717) is 42.8 Å². The van der Waals surface area contributed by atoms with E-state index in [1.165, 1.54) is 5.01 Å². The molecule has 2 amide bonds. The summed E-state index contributed by atoms with van der Waals surface area (Å²) in [5, 5.41) is 7.59. The van der Waals surface area contributed by atoms with E-state index in [1.54, 1.807) is 11.9 Å². The van der Waals surface area contributed by atoms with Gasteiger partial charge in [-0.15, -0.1) is 0 Å². The molecule has 0 saturated carbocycles. The summed E-state index contributed by atoms with van der Waals surface area (Å²) >= 11 is 0. The van der Waals surface area contributed by atoms with Gasteiger partial charge in [0, 0.05) is 50.1 Å². The zero-order valence-electron chi connectivity index (χ0n) is 23.6. The fraction of sp³-hybridized carbons (Fsp3) is 0.448. The maximum Gasteiger partial charge on any atom is 0.227 e. The lowest BCUT2D eigenvalue weighted by Crippen LogP contribution is -2.37. The third kappa shape index (κ3) is 8.91. The number of amides is 2. The molecule has 1 aliphatic heterocycles. The first-order chi connectivity index (χ1) is 17.8. The Bertz CT molecular complexity index is 1030. The average Bonchev–Trinajstić information content (AvgIpc) is 2.90. The molecule has 2 aromatic rings. The molecule has 1 heterocycles. The van der Waals surface area contributed by atoms with Crippen molar-refractivity contribution in [3.05, 3.63) is 65.2 Å². The molecule has 8 heteroatoms. The third-order valence-corrected chi connectivity index (χ3v) is 5.56. The molecule has 0 saturated heterocycles. The van der Waals surface area contributed by atoms with Crippen LogP contribution in [-0.4, -0.2) is 43.0 Å². The topological polar surface area (TPSA) is 117 Å². The second kappa shape index (κ2) is 16.4. The Labute approximate surface area is 223 Å². The molecule has 3 rings (SSSR count). The van der Waals surface area contributed by atoms with Crippen molar-refractivity contribution in [3.8, 4) is 0 Å². The molecule has 37 heavy (non-hydrogen) atoms. The van der Waals surface area contributed by atoms with Gasteiger partial charge in [-0.3, -0.25) is 9.59 Å². The van der Waals surface area contributed by atoms with E-state index < -0.39 is 0 Å². The molecule has 204 valence electrons. The van der Waals surface area contributed by atoms with Crippen molar-refractivity contribution in [2.45, 2.75) is 67.0 Å². The van der Waals surface area contributed by atoms with Crippen LogP contribution in [0.15, 0.2) is 48.5 Å². The van der Waals surface area contributed by atoms with Crippen molar-refractivity contribution in [2.24, 2.45) is 11.6 Å². The molecule has 0 aliphatic carbocycles. The summed E-state index contributed by atoms with van der Waals surface area (Å²) in [4.78, 5) is 27.3. The lowest BCUT2D eigenvalue weighted by Gasteiger charge is -2.32. The van der Waals surface area contributed by atoms with Crippen molar-refractivity contribution in [1.82, 2.24) is 15.6 Å². The summed E-state index contributed by atoms with van der Waals surface area (Å²) in [6.45, 7) is 13.7. The molecule has 0 spiro atoms. The summed E-state index contributed by atoms with van der Waals surface area (Å²) in [6, 6.07) is 15.7. The van der Waals surface area contributed by atoms with Gasteiger partial charge in [-0.25, -0.2) is 5.84 Å². The van der Waals surface area contributed by atoms with Gasteiger partial charge in [0.05, 0.1) is 23.6 Å². The normalized spacial score (nSPS) is 14.0. The Morgan fingerprint density at radius 1 is 0.946 bits per heavy atom. The largest absolute Gasteiger partial charge is 0.396 e. The molecule has 0 unspecified atom stereocenters. The highest BCUT2D eigenvalue weighted by Gasteiger charge is 2.27. The van der Waals surface area contributed by atoms with E-state index in [9.17, 15) is 9.59 Å². The van der Waals surface area contributed by atoms with E-state index in [1.807, 2.05) is 76.2 Å². The van der Waals surface area contributed by atoms with Crippen LogP contribution in [0, 0.1) is 0 Å². The Morgan fingerprint density at radius 2 is 1.54 bits per heavy atom. The summed E-state index contributed by atoms with van der Waals surface area (Å²) in [7, 11) is 1.73. The first-order valence-corrected chi connectivity index (χ1v) is 13.3. The highest BCUT2D eigenvalue weighted by Crippen LogP contribution is 2.36. The van der Waals surface area contributed by atoms with Crippen molar-refractivity contribution in [2.75, 3.05) is 25.0 Å². The maximum atomic E-state index is 13.4. The number of nitrogens with zero attached hydrogens (tertiary/aromatic N) is 2. The number of hydrogen-bond donors (Lipinski definition) is 4. The fourth-order valence-electron chi connectivity index (χ4n) is 3.97. The third-order valence-electron chi connectivity index (χ3n) is 5.56. The Balaban J connectivity index is 0.00000163. The van der Waals surface area contributed by atoms with E-state index in [2.05, 4.69) is 24.5 Å². The van der Waals surface area contributed by atoms with E-state index in [0.717, 1.165) is 16.7 Å². The Hall–Kier alpha value is -3.36. The number of rotatable bonds is 8. The van der Waals surface area contributed by atoms with Gasteiger partial charge in [-0.05, 0) is 11.6 Å². The van der Waals surface area contributed by atoms with Crippen molar-refractivity contribution in [1.29, 1.82) is 0 Å². The minimum Gasteiger partial charge on any atom is -0.396 e. The minimum atomic E-state index is -0.138. The summed E-state index contributed by atoms with van der Waals surface area (Å²) in [5.74, 6) is 5.91. The van der Waals surface area contributed by atoms with Crippen molar-refractivity contribution < 1.29 is 9.59 Å². The highest BCUT2D eigenvalue weighted by atomic mass is 16.2. The molecule has 0 fully saturated rings. The van der Waals surface area contributed by atoms with Gasteiger partial charge in [0.2, 0.25) is 11.8 Å². The second-order valence-electron chi connectivity index (χ2n) is 8.49. The molecule has 2 aromatic carbocycles. The number of carbonyl (C=O) groups excluding carboxylic acids is 2. The van der Waals surface area contributed by atoms with Crippen LogP contribution in [0.3, 0.4) is 0 Å². The lowest BCUT2D eigenvalue weighted by molar-refractivity contribution is -0.125. The van der Waals surface area contributed by atoms with Gasteiger partial charge < -0.3 is 26.3 Å². The summed E-state index contributed by atoms with van der Waals surface area (Å²) in [5.41, 5.74) is 11.0. The predicted octanol–water partition coefficient (Wildman–Crippen LogP) is 4.07. The van der Waals surface area contributed by atoms with Gasteiger partial charge in [0.1, 0.15) is 0 Å². The monoisotopic (exact) mass is 510 g/mol. The Morgan fingerprint density at radius 3 is 2.16 bits per heavy atom. The predicted molar refractivity (Wildman–Crippen MR) is 155 cm³/mol. The molecule has 0 atom stereocenters. The number of para-hydroxylation sites is 1. The van der Waals surface area contributed by atoms with Gasteiger partial charge in [0.25, 0.3) is 0 Å². The van der Waals surface area contributed by atoms with Crippen LogP contribution in [-0.2, 0) is 16.1 Å². The van der Waals surface area contributed by atoms with Crippen LogP contribution in [0.5, 0.6) is 0 Å². The van der Waals surface area contributed by atoms with Crippen molar-refractivity contribution in [3.63, 3.8) is 0 Å². The first kappa shape index (κ1) is 31.7. The zero-order chi connectivity index (χ0) is 28.0. The standard InChI is InChI=1S/C25H34N6O2.2C2H6/c1-17(2)28-14-15-29-22(32)12-13-23(33)31-16-18-8-4-5-9-19(18)24(26)25(30(3)27)20-10-6-7-11-21(20)31;2*1-2/h4-11,17,28H,12-16,26-27H2,1-3H3,(H,29,32);2*1-2H3/b25-24-;;. The first-order valence-electron chi connectivity index (χ1n) is 13.3. The van der Waals surface area contributed by atoms with Gasteiger partial charge in [-0.1, -0.05) is 84.0 Å². The molecule has 8 nitrogen and oxygen atoms in total. The fourth-order valence-corrected chi connectivity index (χ4v) is 3.97. The number of carbonyl (C=O) groups is 2. The van der Waals surface area contributed by atoms with Crippen LogP contribution < -0.4 is 27.1 Å². The molecule has 1 aliphatic rings. The van der Waals surface area contributed by atoms with Crippen LogP contribution in [0.25, 0.3) is 11.4 Å². The van der Waals surface area contributed by atoms with Crippen LogP contribution in [0.4, 0.5) is 5.69 Å². The van der Waals surface area contributed by atoms with Crippen LogP contribution in [0.1, 0.15) is 71.1 Å². The SMILES string of the molecule is CC.CC.CC(C)NCCNC(=O)CCC(=O)N1Cc2ccccc2/C(N)=C(/N(C)N)c2ccccc21. The second-order valence-corrected chi connectivity index (χ2v) is 8.49. The number of benzene rings is 2. The minimum absolute atomic E-state index is 0.104. The quantitative estimate of drug-likeness (QED) is 0.242. The number of nitrogens with one attached hydrogen (secondary N) is 2. The Kier molecular flexibility index (Phi) is 14.0. The highest BCUT2D eigenvalue weighted by molar-refractivity contribution is 6.01. The van der Waals surface area contributed by atoms with E-state index in [4.69, 9.17) is 11.6 Å². The molecule has 0 radical (unpaired) electrons. The number of anilines is 1. The number of fused-ring (bicyclic) bond motifs is 2. The smallest absolute Gasteiger partial charge is 0.227 e. The number of nitrogens with two attached hydrogens (primary N) is 2. The molecular formula is C29H46N6O2. The molecule has 0 bridgehead atoms. The molecule has 0 aromatic heterocycles. The number of hydrogen-bond acceptors (Lipinski definition) is 6. The zero-order valence-corrected chi connectivity index (χ0v) is 23.6. The average molecular weight is 511 g/mol. The van der Waals surface area contributed by atoms with E-state index >= 15 is 0 Å². The molecular weight excluding hydrogens is 464 g/mol. The number of hydrazine groups is 1. The summed E-state index contributed by atoms with van der Waals surface area (Å²) in [6.07, 6.45) is 0.232. The van der Waals surface area contributed by atoms with Gasteiger partial charge in [0.15, 0.2) is 0 Å². The van der Waals surface area contributed by atoms with Gasteiger partial charge in [-0.2, -0.15) is 0 Å². The van der Waals surface area contributed by atoms with Crippen molar-refractivity contribution >= 4 is 28.9 Å². The van der Waals surface area contributed by atoms with E-state index in [-0.39, 0.29) is 24.7 Å². The molecule has 6 N–H and O–H groups in total. The van der Waals surface area contributed by atoms with Crippen LogP contribution in [0.2, 0.25) is 0 Å².